The molecule has 0 saturated carbocycles. The molecule has 4 rings (SSSR count). The van der Waals surface area contributed by atoms with Gasteiger partial charge in [0.1, 0.15) is 0 Å². The van der Waals surface area contributed by atoms with Gasteiger partial charge in [0.25, 0.3) is 5.69 Å². The first kappa shape index (κ1) is 20.9. The molecular weight excluding hydrogens is 476 g/mol. The van der Waals surface area contributed by atoms with Crippen LogP contribution in [0.1, 0.15) is 11.1 Å². The molecule has 4 aromatic rings. The first-order valence-corrected chi connectivity index (χ1v) is 11.0. The number of thiazole rings is 1. The van der Waals surface area contributed by atoms with Crippen molar-refractivity contribution in [1.82, 2.24) is 4.98 Å². The third-order valence-electron chi connectivity index (χ3n) is 4.54. The number of nitro groups is 1. The maximum Gasteiger partial charge on any atom is 0.269 e. The van der Waals surface area contributed by atoms with Crippen molar-refractivity contribution in [2.75, 3.05) is 5.43 Å². The Hall–Kier alpha value is -3.36. The number of anilines is 1. The second kappa shape index (κ2) is 9.20. The van der Waals surface area contributed by atoms with Crippen LogP contribution in [0, 0.1) is 17.0 Å². The van der Waals surface area contributed by atoms with Crippen LogP contribution in [0.3, 0.4) is 0 Å². The van der Waals surface area contributed by atoms with E-state index in [1.807, 2.05) is 55.5 Å². The van der Waals surface area contributed by atoms with E-state index in [4.69, 9.17) is 4.98 Å². The van der Waals surface area contributed by atoms with Crippen LogP contribution < -0.4 is 5.43 Å². The van der Waals surface area contributed by atoms with Crippen molar-refractivity contribution < 1.29 is 4.92 Å². The fourth-order valence-electron chi connectivity index (χ4n) is 2.92. The summed E-state index contributed by atoms with van der Waals surface area (Å²) in [6, 6.07) is 22.4. The molecule has 3 aromatic carbocycles. The van der Waals surface area contributed by atoms with Gasteiger partial charge in [-0.3, -0.25) is 15.5 Å². The lowest BCUT2D eigenvalue weighted by Gasteiger charge is -2.03. The van der Waals surface area contributed by atoms with Gasteiger partial charge in [-0.2, -0.15) is 5.10 Å². The molecule has 1 N–H and O–H groups in total. The number of hydrogen-bond acceptors (Lipinski definition) is 6. The summed E-state index contributed by atoms with van der Waals surface area (Å²) in [5.74, 6) is 0. The number of nitrogens with one attached hydrogen (secondary N) is 1. The molecule has 0 aliphatic rings. The van der Waals surface area contributed by atoms with Crippen LogP contribution in [0.4, 0.5) is 10.8 Å². The largest absolute Gasteiger partial charge is 0.269 e. The zero-order chi connectivity index (χ0) is 21.8. The van der Waals surface area contributed by atoms with Gasteiger partial charge in [0, 0.05) is 22.2 Å². The highest BCUT2D eigenvalue weighted by Gasteiger charge is 2.16. The molecule has 154 valence electrons. The van der Waals surface area contributed by atoms with Crippen LogP contribution in [-0.4, -0.2) is 16.1 Å². The molecule has 0 radical (unpaired) electrons. The lowest BCUT2D eigenvalue weighted by atomic mass is 10.1. The number of halogens is 1. The summed E-state index contributed by atoms with van der Waals surface area (Å²) < 4.78 is 1.01. The third kappa shape index (κ3) is 5.04. The maximum atomic E-state index is 11.0. The van der Waals surface area contributed by atoms with Crippen LogP contribution in [-0.2, 0) is 0 Å². The summed E-state index contributed by atoms with van der Waals surface area (Å²) in [4.78, 5) is 16.3. The first-order valence-electron chi connectivity index (χ1n) is 9.37. The van der Waals surface area contributed by atoms with Crippen molar-refractivity contribution in [1.29, 1.82) is 0 Å². The fraction of sp³-hybridized carbons (Fsp3) is 0.0435. The molecule has 1 heterocycles. The minimum atomic E-state index is -0.402. The molecule has 0 spiro atoms. The van der Waals surface area contributed by atoms with Gasteiger partial charge in [-0.1, -0.05) is 69.2 Å². The van der Waals surface area contributed by atoms with E-state index in [9.17, 15) is 10.1 Å². The number of aryl methyl sites for hydroxylation is 1. The molecule has 0 saturated heterocycles. The normalized spacial score (nSPS) is 11.0. The third-order valence-corrected chi connectivity index (χ3v) is 6.07. The Morgan fingerprint density at radius 1 is 1.00 bits per heavy atom. The fourth-order valence-corrected chi connectivity index (χ4v) is 4.12. The van der Waals surface area contributed by atoms with E-state index in [1.54, 1.807) is 18.3 Å². The SMILES string of the molecule is Cc1ccc(-c2nc(N/N=C\c3ccc(Br)cc3)sc2-c2ccc([N+](=O)[O-])cc2)cc1. The highest BCUT2D eigenvalue weighted by atomic mass is 79.9. The molecule has 8 heteroatoms. The maximum absolute atomic E-state index is 11.0. The number of nitrogens with zero attached hydrogens (tertiary/aromatic N) is 3. The number of rotatable bonds is 6. The van der Waals surface area contributed by atoms with Crippen molar-refractivity contribution in [2.45, 2.75) is 6.92 Å². The number of nitro benzene ring substituents is 1. The van der Waals surface area contributed by atoms with Crippen LogP contribution in [0.5, 0.6) is 0 Å². The van der Waals surface area contributed by atoms with E-state index < -0.39 is 4.92 Å². The Morgan fingerprint density at radius 2 is 1.65 bits per heavy atom. The molecule has 0 aliphatic heterocycles. The minimum absolute atomic E-state index is 0.0580. The summed E-state index contributed by atoms with van der Waals surface area (Å²) >= 11 is 4.87. The lowest BCUT2D eigenvalue weighted by Crippen LogP contribution is -1.90. The zero-order valence-electron chi connectivity index (χ0n) is 16.4. The van der Waals surface area contributed by atoms with Gasteiger partial charge in [-0.25, -0.2) is 4.98 Å². The summed E-state index contributed by atoms with van der Waals surface area (Å²) in [5.41, 5.74) is 7.83. The quantitative estimate of drug-likeness (QED) is 0.180. The summed E-state index contributed by atoms with van der Waals surface area (Å²) in [6.07, 6.45) is 1.73. The molecule has 1 aromatic heterocycles. The van der Waals surface area contributed by atoms with Crippen molar-refractivity contribution in [3.63, 3.8) is 0 Å². The van der Waals surface area contributed by atoms with Crippen LogP contribution in [0.2, 0.25) is 0 Å². The van der Waals surface area contributed by atoms with E-state index in [1.165, 1.54) is 23.5 Å². The smallest absolute Gasteiger partial charge is 0.258 e. The number of aromatic nitrogens is 1. The van der Waals surface area contributed by atoms with Gasteiger partial charge in [0.15, 0.2) is 0 Å². The lowest BCUT2D eigenvalue weighted by molar-refractivity contribution is -0.384. The number of hydrazone groups is 1. The van der Waals surface area contributed by atoms with Gasteiger partial charge < -0.3 is 0 Å². The highest BCUT2D eigenvalue weighted by molar-refractivity contribution is 9.10. The van der Waals surface area contributed by atoms with E-state index in [0.717, 1.165) is 37.3 Å². The van der Waals surface area contributed by atoms with E-state index in [0.29, 0.717) is 5.13 Å². The van der Waals surface area contributed by atoms with Gasteiger partial charge in [0.05, 0.1) is 21.7 Å². The van der Waals surface area contributed by atoms with Crippen LogP contribution in [0.15, 0.2) is 82.4 Å². The van der Waals surface area contributed by atoms with Crippen LogP contribution in [0.25, 0.3) is 21.7 Å². The average Bonchev–Trinajstić information content (AvgIpc) is 3.20. The Balaban J connectivity index is 1.67. The minimum Gasteiger partial charge on any atom is -0.258 e. The van der Waals surface area contributed by atoms with Crippen molar-refractivity contribution in [3.05, 3.63) is 98.5 Å². The molecule has 6 nitrogen and oxygen atoms in total. The summed E-state index contributed by atoms with van der Waals surface area (Å²) in [5, 5.41) is 15.9. The molecule has 31 heavy (non-hydrogen) atoms. The first-order chi connectivity index (χ1) is 15.0. The summed E-state index contributed by atoms with van der Waals surface area (Å²) in [6.45, 7) is 2.03. The van der Waals surface area contributed by atoms with E-state index in [-0.39, 0.29) is 5.69 Å². The average molecular weight is 493 g/mol. The molecule has 0 aliphatic carbocycles. The second-order valence-electron chi connectivity index (χ2n) is 6.79. The van der Waals surface area contributed by atoms with Crippen LogP contribution >= 0.6 is 27.3 Å². The number of benzene rings is 3. The molecule has 0 unspecified atom stereocenters. The van der Waals surface area contributed by atoms with Gasteiger partial charge in [-0.05, 0) is 42.3 Å². The Kier molecular flexibility index (Phi) is 6.20. The molecule has 0 fully saturated rings. The van der Waals surface area contributed by atoms with Gasteiger partial charge in [-0.15, -0.1) is 0 Å². The highest BCUT2D eigenvalue weighted by Crippen LogP contribution is 2.39. The predicted octanol–water partition coefficient (Wildman–Crippen LogP) is 6.90. The van der Waals surface area contributed by atoms with Gasteiger partial charge >= 0.3 is 0 Å². The monoisotopic (exact) mass is 492 g/mol. The zero-order valence-corrected chi connectivity index (χ0v) is 18.9. The Morgan fingerprint density at radius 3 is 2.29 bits per heavy atom. The molecule has 0 amide bonds. The molecule has 0 atom stereocenters. The van der Waals surface area contributed by atoms with E-state index in [2.05, 4.69) is 26.5 Å². The standard InChI is InChI=1S/C23H17BrN4O2S/c1-15-2-6-17(7-3-15)21-22(18-8-12-20(13-9-18)28(29)30)31-23(26-21)27-25-14-16-4-10-19(24)11-5-16/h2-14H,1H3,(H,26,27)/b25-14-. The molecule has 0 bridgehead atoms. The number of hydrogen-bond donors (Lipinski definition) is 1. The topological polar surface area (TPSA) is 80.4 Å². The van der Waals surface area contributed by atoms with Crippen molar-refractivity contribution in [2.24, 2.45) is 5.10 Å². The van der Waals surface area contributed by atoms with Gasteiger partial charge in [0.2, 0.25) is 5.13 Å². The Labute approximate surface area is 191 Å². The Bertz CT molecular complexity index is 1230. The number of non-ortho nitro benzene ring substituents is 1. The second-order valence-corrected chi connectivity index (χ2v) is 8.70. The molecular formula is C23H17BrN4O2S. The van der Waals surface area contributed by atoms with Crippen molar-refractivity contribution in [3.8, 4) is 21.7 Å². The van der Waals surface area contributed by atoms with Crippen molar-refractivity contribution >= 4 is 44.3 Å². The summed E-state index contributed by atoms with van der Waals surface area (Å²) in [7, 11) is 0. The predicted molar refractivity (Wildman–Crippen MR) is 130 cm³/mol. The van der Waals surface area contributed by atoms with E-state index >= 15 is 0 Å².